The summed E-state index contributed by atoms with van der Waals surface area (Å²) >= 11 is 0. The van der Waals surface area contributed by atoms with Crippen molar-refractivity contribution in [2.45, 2.75) is 38.8 Å². The summed E-state index contributed by atoms with van der Waals surface area (Å²) in [5.41, 5.74) is -0.184. The van der Waals surface area contributed by atoms with Crippen molar-refractivity contribution in [1.82, 2.24) is 14.9 Å². The second-order valence-corrected chi connectivity index (χ2v) is 8.67. The Balaban J connectivity index is 1.95. The van der Waals surface area contributed by atoms with Gasteiger partial charge >= 0.3 is 0 Å². The quantitative estimate of drug-likeness (QED) is 0.759. The molecular weight excluding hydrogens is 330 g/mol. The molecule has 1 atom stereocenters. The third kappa shape index (κ3) is 2.82. The number of rotatable bonds is 3. The fourth-order valence-electron chi connectivity index (χ4n) is 3.80. The number of hydrogen-bond donors (Lipinski definition) is 2. The lowest BCUT2D eigenvalue weighted by Crippen LogP contribution is -2.59. The van der Waals surface area contributed by atoms with Gasteiger partial charge in [-0.1, -0.05) is 13.0 Å². The lowest BCUT2D eigenvalue weighted by atomic mass is 9.91. The Morgan fingerprint density at radius 2 is 1.96 bits per heavy atom. The summed E-state index contributed by atoms with van der Waals surface area (Å²) in [6.45, 7) is 4.52. The molecule has 8 heteroatoms. The Labute approximate surface area is 142 Å². The van der Waals surface area contributed by atoms with Crippen LogP contribution in [0.4, 0.5) is 0 Å². The van der Waals surface area contributed by atoms with Crippen LogP contribution in [0.15, 0.2) is 22.6 Å². The van der Waals surface area contributed by atoms with E-state index in [2.05, 4.69) is 10.6 Å². The molecule has 24 heavy (non-hydrogen) atoms. The Morgan fingerprint density at radius 3 is 2.54 bits per heavy atom. The van der Waals surface area contributed by atoms with Gasteiger partial charge in [0.1, 0.15) is 5.66 Å². The van der Waals surface area contributed by atoms with Gasteiger partial charge in [0.15, 0.2) is 5.78 Å². The Kier molecular flexibility index (Phi) is 4.39. The number of allylic oxidation sites excluding steroid dienone is 4. The van der Waals surface area contributed by atoms with Gasteiger partial charge in [0, 0.05) is 0 Å². The fraction of sp³-hybridized carbons (Fsp3) is 0.625. The average Bonchev–Trinajstić information content (AvgIpc) is 2.84. The molecule has 132 valence electrons. The predicted octanol–water partition coefficient (Wildman–Crippen LogP) is 0.267. The molecule has 0 aromatic carbocycles. The van der Waals surface area contributed by atoms with E-state index in [0.717, 1.165) is 0 Å². The summed E-state index contributed by atoms with van der Waals surface area (Å²) < 4.78 is 27.6. The van der Waals surface area contributed by atoms with Crippen LogP contribution in [-0.4, -0.2) is 49.7 Å². The van der Waals surface area contributed by atoms with E-state index in [1.807, 2.05) is 6.92 Å². The van der Waals surface area contributed by atoms with Crippen LogP contribution in [0.5, 0.6) is 0 Å². The molecular formula is C16H23N3O4S. The lowest BCUT2D eigenvalue weighted by Gasteiger charge is -2.40. The first-order valence-electron chi connectivity index (χ1n) is 8.22. The zero-order valence-corrected chi connectivity index (χ0v) is 14.8. The number of ketones is 1. The van der Waals surface area contributed by atoms with Gasteiger partial charge in [0.05, 0.1) is 11.4 Å². The molecule has 3 aliphatic rings. The summed E-state index contributed by atoms with van der Waals surface area (Å²) in [7, 11) is -3.76. The Bertz CT molecular complexity index is 732. The molecule has 0 aromatic heterocycles. The zero-order chi connectivity index (χ0) is 17.5. The number of amides is 1. The van der Waals surface area contributed by atoms with Crippen LogP contribution in [0.1, 0.15) is 33.1 Å². The SMILES string of the molecule is CC(=O)C1=CC=C(S(=O)(=O)N2CC(=O)NC23CCNCC3)CC1C. The molecule has 2 saturated heterocycles. The van der Waals surface area contributed by atoms with Gasteiger partial charge in [0.25, 0.3) is 0 Å². The highest BCUT2D eigenvalue weighted by Gasteiger charge is 2.51. The van der Waals surface area contributed by atoms with E-state index in [1.54, 1.807) is 6.08 Å². The molecule has 1 spiro atoms. The highest BCUT2D eigenvalue weighted by molar-refractivity contribution is 7.93. The van der Waals surface area contributed by atoms with Crippen LogP contribution in [0.2, 0.25) is 0 Å². The summed E-state index contributed by atoms with van der Waals surface area (Å²) in [5.74, 6) is -0.444. The molecule has 0 saturated carbocycles. The standard InChI is InChI=1S/C16H23N3O4S/c1-11-9-13(3-4-14(11)12(2)20)24(22,23)19-10-15(21)18-16(19)5-7-17-8-6-16/h3-4,11,17H,5-10H2,1-2H3,(H,18,21). The predicted molar refractivity (Wildman–Crippen MR) is 89.2 cm³/mol. The molecule has 2 aliphatic heterocycles. The minimum absolute atomic E-state index is 0.0389. The monoisotopic (exact) mass is 353 g/mol. The van der Waals surface area contributed by atoms with Crippen molar-refractivity contribution >= 4 is 21.7 Å². The molecule has 1 aliphatic carbocycles. The third-order valence-electron chi connectivity index (χ3n) is 5.08. The highest BCUT2D eigenvalue weighted by Crippen LogP contribution is 2.36. The first-order chi connectivity index (χ1) is 11.3. The molecule has 2 fully saturated rings. The van der Waals surface area contributed by atoms with Crippen molar-refractivity contribution in [1.29, 1.82) is 0 Å². The molecule has 0 bridgehead atoms. The average molecular weight is 353 g/mol. The molecule has 1 amide bonds. The maximum atomic E-state index is 13.2. The van der Waals surface area contributed by atoms with E-state index in [4.69, 9.17) is 0 Å². The largest absolute Gasteiger partial charge is 0.336 e. The molecule has 2 heterocycles. The smallest absolute Gasteiger partial charge is 0.241 e. The van der Waals surface area contributed by atoms with Crippen LogP contribution in [-0.2, 0) is 19.6 Å². The summed E-state index contributed by atoms with van der Waals surface area (Å²) in [6.07, 6.45) is 4.50. The lowest BCUT2D eigenvalue weighted by molar-refractivity contribution is -0.119. The molecule has 3 rings (SSSR count). The van der Waals surface area contributed by atoms with Crippen molar-refractivity contribution in [2.75, 3.05) is 19.6 Å². The molecule has 0 radical (unpaired) electrons. The van der Waals surface area contributed by atoms with E-state index in [0.29, 0.717) is 31.5 Å². The molecule has 7 nitrogen and oxygen atoms in total. The van der Waals surface area contributed by atoms with Crippen molar-refractivity contribution < 1.29 is 18.0 Å². The number of piperidine rings is 1. The van der Waals surface area contributed by atoms with Gasteiger partial charge in [-0.3, -0.25) is 9.59 Å². The van der Waals surface area contributed by atoms with Crippen LogP contribution >= 0.6 is 0 Å². The number of hydrogen-bond acceptors (Lipinski definition) is 5. The number of carbonyl (C=O) groups excluding carboxylic acids is 2. The number of Topliss-reactive ketones (excluding diaryl/α,β-unsaturated/α-hetero) is 1. The first kappa shape index (κ1) is 17.3. The third-order valence-corrected chi connectivity index (χ3v) is 7.11. The summed E-state index contributed by atoms with van der Waals surface area (Å²) in [5, 5.41) is 6.07. The van der Waals surface area contributed by atoms with E-state index in [-0.39, 0.29) is 35.5 Å². The van der Waals surface area contributed by atoms with Gasteiger partial charge < -0.3 is 10.6 Å². The fourth-order valence-corrected chi connectivity index (χ4v) is 5.76. The minimum atomic E-state index is -3.76. The van der Waals surface area contributed by atoms with Gasteiger partial charge in [-0.15, -0.1) is 0 Å². The number of nitrogens with zero attached hydrogens (tertiary/aromatic N) is 1. The van der Waals surface area contributed by atoms with Gasteiger partial charge in [0.2, 0.25) is 15.9 Å². The zero-order valence-electron chi connectivity index (χ0n) is 14.0. The van der Waals surface area contributed by atoms with Crippen LogP contribution in [0.25, 0.3) is 0 Å². The van der Waals surface area contributed by atoms with Crippen molar-refractivity contribution in [2.24, 2.45) is 5.92 Å². The number of nitrogens with one attached hydrogen (secondary N) is 2. The summed E-state index contributed by atoms with van der Waals surface area (Å²) in [6, 6.07) is 0. The molecule has 2 N–H and O–H groups in total. The van der Waals surface area contributed by atoms with Gasteiger partial charge in [-0.2, -0.15) is 4.31 Å². The minimum Gasteiger partial charge on any atom is -0.336 e. The van der Waals surface area contributed by atoms with Crippen LogP contribution < -0.4 is 10.6 Å². The second kappa shape index (κ2) is 6.09. The van der Waals surface area contributed by atoms with Crippen molar-refractivity contribution in [3.8, 4) is 0 Å². The van der Waals surface area contributed by atoms with Crippen LogP contribution in [0.3, 0.4) is 0 Å². The van der Waals surface area contributed by atoms with E-state index < -0.39 is 15.7 Å². The van der Waals surface area contributed by atoms with E-state index in [1.165, 1.54) is 17.3 Å². The van der Waals surface area contributed by atoms with Gasteiger partial charge in [-0.25, -0.2) is 8.42 Å². The van der Waals surface area contributed by atoms with E-state index >= 15 is 0 Å². The highest BCUT2D eigenvalue weighted by atomic mass is 32.2. The normalized spacial score (nSPS) is 27.6. The number of carbonyl (C=O) groups is 2. The Morgan fingerprint density at radius 1 is 1.29 bits per heavy atom. The topological polar surface area (TPSA) is 95.6 Å². The van der Waals surface area contributed by atoms with Crippen molar-refractivity contribution in [3.05, 3.63) is 22.6 Å². The molecule has 1 unspecified atom stereocenters. The first-order valence-corrected chi connectivity index (χ1v) is 9.66. The maximum absolute atomic E-state index is 13.2. The van der Waals surface area contributed by atoms with Gasteiger partial charge in [-0.05, 0) is 56.8 Å². The van der Waals surface area contributed by atoms with Crippen LogP contribution in [0, 0.1) is 5.92 Å². The van der Waals surface area contributed by atoms with E-state index in [9.17, 15) is 18.0 Å². The van der Waals surface area contributed by atoms with Crippen molar-refractivity contribution in [3.63, 3.8) is 0 Å². The Hall–Kier alpha value is -1.51. The molecule has 0 aromatic rings. The maximum Gasteiger partial charge on any atom is 0.241 e. The summed E-state index contributed by atoms with van der Waals surface area (Å²) in [4.78, 5) is 23.8. The number of sulfonamides is 1. The second-order valence-electron chi connectivity index (χ2n) is 6.76.